The molecule has 0 bridgehead atoms. The highest BCUT2D eigenvalue weighted by Crippen LogP contribution is 2.15. The number of carbonyl (C=O) groups excluding carboxylic acids is 1. The summed E-state index contributed by atoms with van der Waals surface area (Å²) in [5.41, 5.74) is 5.26. The van der Waals surface area contributed by atoms with Crippen molar-refractivity contribution in [2.75, 3.05) is 0 Å². The zero-order chi connectivity index (χ0) is 12.8. The Morgan fingerprint density at radius 1 is 1.22 bits per heavy atom. The standard InChI is InChI=1S/C14H13N3O/c1-11(18)17-16-10-12-5-7-13(8-6-12)14-4-2-3-9-15-14/h2-10H,1H3,(H,17,18)/b16-10-. The highest BCUT2D eigenvalue weighted by Gasteiger charge is 1.97. The molecule has 4 heteroatoms. The fraction of sp³-hybridized carbons (Fsp3) is 0.0714. The SMILES string of the molecule is CC(=O)N/N=C\c1ccc(-c2ccccn2)cc1. The Balaban J connectivity index is 2.11. The second-order valence-corrected chi connectivity index (χ2v) is 3.76. The normalized spacial score (nSPS) is 10.5. The van der Waals surface area contributed by atoms with Crippen molar-refractivity contribution < 1.29 is 4.79 Å². The van der Waals surface area contributed by atoms with Gasteiger partial charge in [-0.05, 0) is 17.7 Å². The smallest absolute Gasteiger partial charge is 0.236 e. The van der Waals surface area contributed by atoms with Gasteiger partial charge in [-0.2, -0.15) is 5.10 Å². The number of pyridine rings is 1. The molecular formula is C14H13N3O. The number of nitrogens with one attached hydrogen (secondary N) is 1. The van der Waals surface area contributed by atoms with Crippen molar-refractivity contribution in [2.45, 2.75) is 6.92 Å². The van der Waals surface area contributed by atoms with E-state index in [9.17, 15) is 4.79 Å². The average molecular weight is 239 g/mol. The van der Waals surface area contributed by atoms with Crippen LogP contribution in [-0.4, -0.2) is 17.1 Å². The van der Waals surface area contributed by atoms with Gasteiger partial charge < -0.3 is 0 Å². The van der Waals surface area contributed by atoms with E-state index < -0.39 is 0 Å². The summed E-state index contributed by atoms with van der Waals surface area (Å²) in [5, 5.41) is 3.80. The van der Waals surface area contributed by atoms with Crippen LogP contribution in [0.15, 0.2) is 53.8 Å². The van der Waals surface area contributed by atoms with E-state index in [2.05, 4.69) is 15.5 Å². The highest BCUT2D eigenvalue weighted by molar-refractivity contribution is 5.82. The number of hydrazone groups is 1. The van der Waals surface area contributed by atoms with Gasteiger partial charge >= 0.3 is 0 Å². The molecule has 0 saturated heterocycles. The molecule has 0 saturated carbocycles. The van der Waals surface area contributed by atoms with E-state index in [4.69, 9.17) is 0 Å². The van der Waals surface area contributed by atoms with Gasteiger partial charge in [0.15, 0.2) is 0 Å². The van der Waals surface area contributed by atoms with Crippen molar-refractivity contribution in [3.63, 3.8) is 0 Å². The van der Waals surface area contributed by atoms with Crippen LogP contribution >= 0.6 is 0 Å². The fourth-order valence-electron chi connectivity index (χ4n) is 1.47. The minimum Gasteiger partial charge on any atom is -0.274 e. The largest absolute Gasteiger partial charge is 0.274 e. The van der Waals surface area contributed by atoms with Crippen molar-refractivity contribution in [2.24, 2.45) is 5.10 Å². The number of benzene rings is 1. The molecule has 1 heterocycles. The van der Waals surface area contributed by atoms with Crippen LogP contribution in [0.5, 0.6) is 0 Å². The Bertz CT molecular complexity index is 547. The molecule has 0 atom stereocenters. The molecule has 90 valence electrons. The Morgan fingerprint density at radius 2 is 2.00 bits per heavy atom. The summed E-state index contributed by atoms with van der Waals surface area (Å²) in [6.45, 7) is 1.42. The quantitative estimate of drug-likeness (QED) is 0.659. The maximum Gasteiger partial charge on any atom is 0.236 e. The number of aromatic nitrogens is 1. The van der Waals surface area contributed by atoms with Gasteiger partial charge in [0.05, 0.1) is 11.9 Å². The van der Waals surface area contributed by atoms with E-state index in [-0.39, 0.29) is 5.91 Å². The van der Waals surface area contributed by atoms with Crippen molar-refractivity contribution in [1.82, 2.24) is 10.4 Å². The lowest BCUT2D eigenvalue weighted by Crippen LogP contribution is -2.12. The predicted octanol–water partition coefficient (Wildman–Crippen LogP) is 2.22. The number of hydrogen-bond acceptors (Lipinski definition) is 3. The van der Waals surface area contributed by atoms with Crippen molar-refractivity contribution in [3.8, 4) is 11.3 Å². The first kappa shape index (κ1) is 12.0. The first-order chi connectivity index (χ1) is 8.75. The molecule has 1 aromatic heterocycles. The van der Waals surface area contributed by atoms with Gasteiger partial charge in [-0.1, -0.05) is 30.3 Å². The number of amides is 1. The molecule has 4 nitrogen and oxygen atoms in total. The first-order valence-corrected chi connectivity index (χ1v) is 5.57. The van der Waals surface area contributed by atoms with Crippen LogP contribution in [0.4, 0.5) is 0 Å². The topological polar surface area (TPSA) is 54.4 Å². The second-order valence-electron chi connectivity index (χ2n) is 3.76. The molecule has 2 rings (SSSR count). The van der Waals surface area contributed by atoms with Crippen LogP contribution in [0.25, 0.3) is 11.3 Å². The summed E-state index contributed by atoms with van der Waals surface area (Å²) < 4.78 is 0. The third-order valence-electron chi connectivity index (χ3n) is 2.31. The van der Waals surface area contributed by atoms with Gasteiger partial charge in [-0.3, -0.25) is 9.78 Å². The molecule has 0 spiro atoms. The Hall–Kier alpha value is -2.49. The van der Waals surface area contributed by atoms with Crippen LogP contribution in [0.2, 0.25) is 0 Å². The van der Waals surface area contributed by atoms with E-state index in [0.29, 0.717) is 0 Å². The summed E-state index contributed by atoms with van der Waals surface area (Å²) in [5.74, 6) is -0.184. The van der Waals surface area contributed by atoms with Crippen LogP contribution in [0, 0.1) is 0 Å². The zero-order valence-electron chi connectivity index (χ0n) is 10.00. The zero-order valence-corrected chi connectivity index (χ0v) is 10.00. The van der Waals surface area contributed by atoms with Gasteiger partial charge in [-0.15, -0.1) is 0 Å². The van der Waals surface area contributed by atoms with Crippen LogP contribution < -0.4 is 5.43 Å². The summed E-state index contributed by atoms with van der Waals surface area (Å²) in [4.78, 5) is 14.9. The maximum absolute atomic E-state index is 10.6. The molecule has 0 fully saturated rings. The summed E-state index contributed by atoms with van der Waals surface area (Å²) in [7, 11) is 0. The molecule has 2 aromatic rings. The molecule has 1 amide bonds. The van der Waals surface area contributed by atoms with E-state index in [1.165, 1.54) is 6.92 Å². The van der Waals surface area contributed by atoms with E-state index in [0.717, 1.165) is 16.8 Å². The molecule has 0 radical (unpaired) electrons. The highest BCUT2D eigenvalue weighted by atomic mass is 16.2. The maximum atomic E-state index is 10.6. The molecule has 1 aromatic carbocycles. The second kappa shape index (κ2) is 5.72. The lowest BCUT2D eigenvalue weighted by atomic mass is 10.1. The van der Waals surface area contributed by atoms with E-state index in [1.54, 1.807) is 12.4 Å². The monoisotopic (exact) mass is 239 g/mol. The summed E-state index contributed by atoms with van der Waals surface area (Å²) in [6.07, 6.45) is 3.37. The number of nitrogens with zero attached hydrogens (tertiary/aromatic N) is 2. The van der Waals surface area contributed by atoms with Crippen molar-refractivity contribution >= 4 is 12.1 Å². The molecule has 0 aliphatic rings. The Labute approximate surface area is 105 Å². The summed E-state index contributed by atoms with van der Waals surface area (Å²) >= 11 is 0. The van der Waals surface area contributed by atoms with Gasteiger partial charge in [-0.25, -0.2) is 5.43 Å². The molecule has 0 aliphatic heterocycles. The van der Waals surface area contributed by atoms with Crippen molar-refractivity contribution in [3.05, 3.63) is 54.2 Å². The molecule has 1 N–H and O–H groups in total. The van der Waals surface area contributed by atoms with Gasteiger partial charge in [0, 0.05) is 18.7 Å². The molecule has 18 heavy (non-hydrogen) atoms. The van der Waals surface area contributed by atoms with Crippen LogP contribution in [-0.2, 0) is 4.79 Å². The Kier molecular flexibility index (Phi) is 3.81. The number of hydrogen-bond donors (Lipinski definition) is 1. The molecular weight excluding hydrogens is 226 g/mol. The van der Waals surface area contributed by atoms with Crippen LogP contribution in [0.3, 0.4) is 0 Å². The van der Waals surface area contributed by atoms with Gasteiger partial charge in [0.25, 0.3) is 0 Å². The molecule has 0 unspecified atom stereocenters. The predicted molar refractivity (Wildman–Crippen MR) is 71.1 cm³/mol. The third kappa shape index (κ3) is 3.25. The average Bonchev–Trinajstić information content (AvgIpc) is 2.40. The van der Waals surface area contributed by atoms with E-state index >= 15 is 0 Å². The summed E-state index contributed by atoms with van der Waals surface area (Å²) in [6, 6.07) is 13.6. The minimum atomic E-state index is -0.184. The third-order valence-corrected chi connectivity index (χ3v) is 2.31. The fourth-order valence-corrected chi connectivity index (χ4v) is 1.47. The lowest BCUT2D eigenvalue weighted by molar-refractivity contribution is -0.118. The van der Waals surface area contributed by atoms with E-state index in [1.807, 2.05) is 42.5 Å². The Morgan fingerprint density at radius 3 is 2.61 bits per heavy atom. The number of carbonyl (C=O) groups is 1. The van der Waals surface area contributed by atoms with Crippen molar-refractivity contribution in [1.29, 1.82) is 0 Å². The van der Waals surface area contributed by atoms with Gasteiger partial charge in [0.2, 0.25) is 5.91 Å². The molecule has 0 aliphatic carbocycles. The van der Waals surface area contributed by atoms with Crippen LogP contribution in [0.1, 0.15) is 12.5 Å². The van der Waals surface area contributed by atoms with Gasteiger partial charge in [0.1, 0.15) is 0 Å². The lowest BCUT2D eigenvalue weighted by Gasteiger charge is -2.00. The minimum absolute atomic E-state index is 0.184. The number of rotatable bonds is 3. The first-order valence-electron chi connectivity index (χ1n) is 5.57.